The number of fused-ring (bicyclic) bond motifs is 1. The molecule has 4 rings (SSSR count). The molecule has 0 bridgehead atoms. The topological polar surface area (TPSA) is 38.1 Å². The van der Waals surface area contributed by atoms with Crippen LogP contribution in [0.3, 0.4) is 0 Å². The van der Waals surface area contributed by atoms with Crippen LogP contribution in [0.25, 0.3) is 22.4 Å². The quantitative estimate of drug-likeness (QED) is 0.525. The number of phenols is 1. The van der Waals surface area contributed by atoms with Gasteiger partial charge in [-0.2, -0.15) is 0 Å². The minimum atomic E-state index is -0.964. The molecule has 0 amide bonds. The Labute approximate surface area is 153 Å². The monoisotopic (exact) mass is 370 g/mol. The summed E-state index contributed by atoms with van der Waals surface area (Å²) in [5, 5.41) is 10.7. The summed E-state index contributed by atoms with van der Waals surface area (Å²) < 4.78 is 29.2. The lowest BCUT2D eigenvalue weighted by atomic mass is 10.1. The Balaban J connectivity index is 1.97. The number of phenolic OH excluding ortho intramolecular Hbond substituents is 1. The number of halogens is 3. The summed E-state index contributed by atoms with van der Waals surface area (Å²) in [6.07, 6.45) is 0. The van der Waals surface area contributed by atoms with Crippen molar-refractivity contribution >= 4 is 22.6 Å². The number of benzene rings is 3. The molecule has 0 saturated carbocycles. The predicted molar refractivity (Wildman–Crippen MR) is 97.3 cm³/mol. The third-order valence-corrected chi connectivity index (χ3v) is 4.41. The molecule has 0 aliphatic heterocycles. The molecule has 26 heavy (non-hydrogen) atoms. The van der Waals surface area contributed by atoms with Crippen LogP contribution in [0.15, 0.2) is 60.7 Å². The molecule has 1 N–H and O–H groups in total. The molecular weight excluding hydrogens is 358 g/mol. The van der Waals surface area contributed by atoms with Gasteiger partial charge in [-0.25, -0.2) is 13.8 Å². The SMILES string of the molecule is Oc1cc(Cl)ccc1-c1nc2cc(F)c(F)cc2n1Cc1ccccc1. The molecule has 0 aliphatic carbocycles. The highest BCUT2D eigenvalue weighted by Crippen LogP contribution is 2.34. The van der Waals surface area contributed by atoms with Crippen LogP contribution >= 0.6 is 11.6 Å². The van der Waals surface area contributed by atoms with E-state index >= 15 is 0 Å². The predicted octanol–water partition coefficient (Wildman–Crippen LogP) is 5.39. The van der Waals surface area contributed by atoms with Gasteiger partial charge in [-0.1, -0.05) is 41.9 Å². The van der Waals surface area contributed by atoms with Crippen LogP contribution in [-0.4, -0.2) is 14.7 Å². The first-order valence-corrected chi connectivity index (χ1v) is 8.29. The first kappa shape index (κ1) is 16.5. The third kappa shape index (κ3) is 2.91. The van der Waals surface area contributed by atoms with Crippen LogP contribution in [0.4, 0.5) is 8.78 Å². The number of hydrogen-bond acceptors (Lipinski definition) is 2. The summed E-state index contributed by atoms with van der Waals surface area (Å²) in [6.45, 7) is 0.389. The van der Waals surface area contributed by atoms with E-state index < -0.39 is 11.6 Å². The van der Waals surface area contributed by atoms with Gasteiger partial charge in [-0.3, -0.25) is 0 Å². The van der Waals surface area contributed by atoms with Gasteiger partial charge in [0.25, 0.3) is 0 Å². The van der Waals surface area contributed by atoms with Crippen LogP contribution in [-0.2, 0) is 6.54 Å². The van der Waals surface area contributed by atoms with E-state index in [2.05, 4.69) is 4.98 Å². The lowest BCUT2D eigenvalue weighted by Crippen LogP contribution is -2.02. The number of imidazole rings is 1. The maximum absolute atomic E-state index is 13.8. The summed E-state index contributed by atoms with van der Waals surface area (Å²) in [5.74, 6) is -1.56. The van der Waals surface area contributed by atoms with E-state index in [-0.39, 0.29) is 5.75 Å². The van der Waals surface area contributed by atoms with Crippen molar-refractivity contribution in [2.75, 3.05) is 0 Å². The highest BCUT2D eigenvalue weighted by atomic mass is 35.5. The second-order valence-corrected chi connectivity index (χ2v) is 6.36. The molecule has 0 saturated heterocycles. The van der Waals surface area contributed by atoms with Crippen LogP contribution in [0.2, 0.25) is 5.02 Å². The highest BCUT2D eigenvalue weighted by Gasteiger charge is 2.18. The first-order valence-electron chi connectivity index (χ1n) is 7.91. The van der Waals surface area contributed by atoms with E-state index in [0.29, 0.717) is 34.0 Å². The van der Waals surface area contributed by atoms with Crippen molar-refractivity contribution in [1.82, 2.24) is 9.55 Å². The molecule has 0 spiro atoms. The number of nitrogens with zero attached hydrogens (tertiary/aromatic N) is 2. The maximum atomic E-state index is 13.8. The smallest absolute Gasteiger partial charge is 0.161 e. The second-order valence-electron chi connectivity index (χ2n) is 5.92. The fourth-order valence-electron chi connectivity index (χ4n) is 2.95. The maximum Gasteiger partial charge on any atom is 0.161 e. The van der Waals surface area contributed by atoms with Crippen LogP contribution in [0, 0.1) is 11.6 Å². The Morgan fingerprint density at radius 1 is 0.962 bits per heavy atom. The fraction of sp³-hybridized carbons (Fsp3) is 0.0500. The Morgan fingerprint density at radius 2 is 1.69 bits per heavy atom. The molecule has 1 heterocycles. The van der Waals surface area contributed by atoms with Crippen molar-refractivity contribution in [3.63, 3.8) is 0 Å². The van der Waals surface area contributed by atoms with Gasteiger partial charge in [0, 0.05) is 23.7 Å². The molecule has 0 fully saturated rings. The van der Waals surface area contributed by atoms with Gasteiger partial charge in [-0.15, -0.1) is 0 Å². The molecule has 0 atom stereocenters. The zero-order valence-corrected chi connectivity index (χ0v) is 14.2. The van der Waals surface area contributed by atoms with Crippen molar-refractivity contribution in [2.45, 2.75) is 6.54 Å². The van der Waals surface area contributed by atoms with Crippen molar-refractivity contribution in [1.29, 1.82) is 0 Å². The molecule has 130 valence electrons. The molecule has 0 unspecified atom stereocenters. The van der Waals surface area contributed by atoms with Gasteiger partial charge in [-0.05, 0) is 23.8 Å². The van der Waals surface area contributed by atoms with Crippen LogP contribution in [0.5, 0.6) is 5.75 Å². The largest absolute Gasteiger partial charge is 0.507 e. The zero-order chi connectivity index (χ0) is 18.3. The molecule has 0 aliphatic rings. The van der Waals surface area contributed by atoms with Crippen LogP contribution in [0.1, 0.15) is 5.56 Å². The molecule has 1 aromatic heterocycles. The number of aromatic nitrogens is 2. The Hall–Kier alpha value is -2.92. The van der Waals surface area contributed by atoms with Gasteiger partial charge in [0.1, 0.15) is 11.6 Å². The minimum absolute atomic E-state index is 0.0527. The average Bonchev–Trinajstić information content (AvgIpc) is 2.94. The van der Waals surface area contributed by atoms with Crippen molar-refractivity contribution in [3.05, 3.63) is 82.9 Å². The first-order chi connectivity index (χ1) is 12.5. The second kappa shape index (κ2) is 6.42. The normalized spacial score (nSPS) is 11.2. The standard InChI is InChI=1S/C20H13ClF2N2O/c21-13-6-7-14(19(26)8-13)20-24-17-9-15(22)16(23)10-18(17)25(20)11-12-4-2-1-3-5-12/h1-10,26H,11H2. The van der Waals surface area contributed by atoms with E-state index in [1.165, 1.54) is 6.07 Å². The number of rotatable bonds is 3. The molecule has 3 nitrogen and oxygen atoms in total. The fourth-order valence-corrected chi connectivity index (χ4v) is 3.11. The Bertz CT molecular complexity index is 1110. The van der Waals surface area contributed by atoms with E-state index in [4.69, 9.17) is 11.6 Å². The summed E-state index contributed by atoms with van der Waals surface area (Å²) >= 11 is 5.91. The number of aromatic hydroxyl groups is 1. The van der Waals surface area contributed by atoms with E-state index in [1.54, 1.807) is 16.7 Å². The lowest BCUT2D eigenvalue weighted by Gasteiger charge is -2.11. The highest BCUT2D eigenvalue weighted by molar-refractivity contribution is 6.30. The lowest BCUT2D eigenvalue weighted by molar-refractivity contribution is 0.476. The van der Waals surface area contributed by atoms with E-state index in [1.807, 2.05) is 30.3 Å². The Morgan fingerprint density at radius 3 is 2.42 bits per heavy atom. The van der Waals surface area contributed by atoms with Gasteiger partial charge in [0.05, 0.1) is 16.6 Å². The minimum Gasteiger partial charge on any atom is -0.507 e. The molecule has 4 aromatic rings. The summed E-state index contributed by atoms with van der Waals surface area (Å²) in [4.78, 5) is 4.42. The third-order valence-electron chi connectivity index (χ3n) is 4.17. The van der Waals surface area contributed by atoms with Crippen LogP contribution < -0.4 is 0 Å². The summed E-state index contributed by atoms with van der Waals surface area (Å²) in [7, 11) is 0. The molecule has 3 aromatic carbocycles. The van der Waals surface area contributed by atoms with E-state index in [9.17, 15) is 13.9 Å². The van der Waals surface area contributed by atoms with Gasteiger partial charge >= 0.3 is 0 Å². The average molecular weight is 371 g/mol. The molecule has 6 heteroatoms. The molecule has 0 radical (unpaired) electrons. The van der Waals surface area contributed by atoms with Gasteiger partial charge < -0.3 is 9.67 Å². The summed E-state index contributed by atoms with van der Waals surface area (Å²) in [5.41, 5.74) is 2.15. The summed E-state index contributed by atoms with van der Waals surface area (Å²) in [6, 6.07) is 16.4. The van der Waals surface area contributed by atoms with Gasteiger partial charge in [0.15, 0.2) is 11.6 Å². The van der Waals surface area contributed by atoms with E-state index in [0.717, 1.165) is 17.7 Å². The van der Waals surface area contributed by atoms with Crippen molar-refractivity contribution in [3.8, 4) is 17.1 Å². The van der Waals surface area contributed by atoms with Gasteiger partial charge in [0.2, 0.25) is 0 Å². The van der Waals surface area contributed by atoms with Crippen molar-refractivity contribution < 1.29 is 13.9 Å². The van der Waals surface area contributed by atoms with Crippen molar-refractivity contribution in [2.24, 2.45) is 0 Å². The Kier molecular flexibility index (Phi) is 4.09. The molecular formula is C20H13ClF2N2O. The number of hydrogen-bond donors (Lipinski definition) is 1. The zero-order valence-electron chi connectivity index (χ0n) is 13.5.